The van der Waals surface area contributed by atoms with E-state index in [1.807, 2.05) is 12.1 Å². The lowest BCUT2D eigenvalue weighted by Gasteiger charge is -2.43. The molecular formula is C24H24N8O3. The minimum Gasteiger partial charge on any atom is -0.394 e. The molecule has 1 atom stereocenters. The highest BCUT2D eigenvalue weighted by Crippen LogP contribution is 2.37. The second-order valence-corrected chi connectivity index (χ2v) is 8.82. The number of carbonyl (C=O) groups is 2. The van der Waals surface area contributed by atoms with E-state index in [1.165, 1.54) is 6.92 Å². The molecule has 5 rings (SSSR count). The molecule has 0 aliphatic carbocycles. The lowest BCUT2D eigenvalue weighted by molar-refractivity contribution is -0.140. The number of amides is 3. The highest BCUT2D eigenvalue weighted by molar-refractivity contribution is 6.04. The highest BCUT2D eigenvalue weighted by atomic mass is 16.3. The van der Waals surface area contributed by atoms with Crippen LogP contribution in [-0.4, -0.2) is 79.1 Å². The zero-order chi connectivity index (χ0) is 24.7. The summed E-state index contributed by atoms with van der Waals surface area (Å²) in [4.78, 5) is 51.5. The Labute approximate surface area is 201 Å². The van der Waals surface area contributed by atoms with E-state index in [1.54, 1.807) is 40.3 Å². The van der Waals surface area contributed by atoms with Crippen molar-refractivity contribution in [2.24, 2.45) is 0 Å². The number of aromatic nitrogens is 4. The molecule has 3 aromatic heterocycles. The fraction of sp³-hybridized carbons (Fsp3) is 0.375. The quantitative estimate of drug-likeness (QED) is 0.581. The van der Waals surface area contributed by atoms with Gasteiger partial charge in [-0.1, -0.05) is 0 Å². The Balaban J connectivity index is 1.55. The number of carbonyl (C=O) groups excluding carboxylic acids is 2. The number of urea groups is 1. The maximum atomic E-state index is 13.4. The van der Waals surface area contributed by atoms with Crippen molar-refractivity contribution in [3.8, 4) is 11.3 Å². The number of fused-ring (bicyclic) bond motifs is 3. The molecule has 0 saturated carbocycles. The van der Waals surface area contributed by atoms with Gasteiger partial charge in [-0.3, -0.25) is 14.7 Å². The number of hydrogen-bond acceptors (Lipinski definition) is 7. The van der Waals surface area contributed by atoms with Crippen LogP contribution in [0, 0.1) is 6.57 Å². The van der Waals surface area contributed by atoms with E-state index < -0.39 is 6.10 Å². The smallest absolute Gasteiger partial charge is 0.371 e. The third-order valence-corrected chi connectivity index (χ3v) is 6.48. The van der Waals surface area contributed by atoms with Gasteiger partial charge >= 0.3 is 12.0 Å². The van der Waals surface area contributed by atoms with E-state index in [2.05, 4.69) is 19.8 Å². The predicted octanol–water partition coefficient (Wildman–Crippen LogP) is 2.38. The minimum absolute atomic E-state index is 0.0637. The zero-order valence-corrected chi connectivity index (χ0v) is 19.4. The van der Waals surface area contributed by atoms with Crippen molar-refractivity contribution in [1.82, 2.24) is 29.7 Å². The van der Waals surface area contributed by atoms with Crippen molar-refractivity contribution in [1.29, 1.82) is 0 Å². The molecule has 11 heteroatoms. The van der Waals surface area contributed by atoms with Crippen molar-refractivity contribution in [3.05, 3.63) is 47.7 Å². The van der Waals surface area contributed by atoms with Crippen LogP contribution in [0.15, 0.2) is 30.7 Å². The molecule has 35 heavy (non-hydrogen) atoms. The van der Waals surface area contributed by atoms with E-state index in [0.717, 1.165) is 11.3 Å². The number of piperidine rings is 1. The topological polar surface area (TPSA) is 120 Å². The molecule has 5 heterocycles. The van der Waals surface area contributed by atoms with Crippen LogP contribution in [-0.2, 0) is 11.3 Å². The molecule has 11 nitrogen and oxygen atoms in total. The van der Waals surface area contributed by atoms with Gasteiger partial charge in [0.05, 0.1) is 41.4 Å². The average Bonchev–Trinajstić information content (AvgIpc) is 2.89. The second kappa shape index (κ2) is 8.88. The summed E-state index contributed by atoms with van der Waals surface area (Å²) in [6, 6.07) is 3.42. The largest absolute Gasteiger partial charge is 0.394 e. The Morgan fingerprint density at radius 3 is 2.54 bits per heavy atom. The van der Waals surface area contributed by atoms with Gasteiger partial charge in [0.2, 0.25) is 0 Å². The Hall–Kier alpha value is -4.17. The fourth-order valence-corrected chi connectivity index (χ4v) is 4.70. The molecule has 2 aliphatic heterocycles. The molecule has 0 aromatic carbocycles. The summed E-state index contributed by atoms with van der Waals surface area (Å²) in [5.41, 5.74) is 4.18. The fourth-order valence-electron chi connectivity index (χ4n) is 4.70. The molecule has 1 fully saturated rings. The Bertz CT molecular complexity index is 1340. The zero-order valence-electron chi connectivity index (χ0n) is 19.4. The molecule has 0 bridgehead atoms. The minimum atomic E-state index is -1.04. The van der Waals surface area contributed by atoms with Gasteiger partial charge in [-0.05, 0) is 31.9 Å². The van der Waals surface area contributed by atoms with Gasteiger partial charge < -0.3 is 19.8 Å². The van der Waals surface area contributed by atoms with Crippen LogP contribution in [0.1, 0.15) is 25.3 Å². The van der Waals surface area contributed by atoms with Gasteiger partial charge in [-0.25, -0.2) is 9.78 Å². The maximum Gasteiger partial charge on any atom is 0.371 e. The Morgan fingerprint density at radius 2 is 1.89 bits per heavy atom. The number of anilines is 1. The summed E-state index contributed by atoms with van der Waals surface area (Å²) in [5.74, 6) is -0.229. The third kappa shape index (κ3) is 4.02. The van der Waals surface area contributed by atoms with E-state index in [9.17, 15) is 14.7 Å². The van der Waals surface area contributed by atoms with Crippen molar-refractivity contribution in [2.45, 2.75) is 38.5 Å². The van der Waals surface area contributed by atoms with Crippen LogP contribution in [0.5, 0.6) is 0 Å². The summed E-state index contributed by atoms with van der Waals surface area (Å²) in [5, 5.41) is 9.66. The third-order valence-electron chi connectivity index (χ3n) is 6.48. The van der Waals surface area contributed by atoms with E-state index >= 15 is 0 Å². The molecule has 3 amide bonds. The van der Waals surface area contributed by atoms with E-state index in [4.69, 9.17) is 11.6 Å². The first-order chi connectivity index (χ1) is 16.9. The number of nitrogens with zero attached hydrogens (tertiary/aromatic N) is 8. The molecule has 1 N–H and O–H groups in total. The van der Waals surface area contributed by atoms with Gasteiger partial charge in [0, 0.05) is 37.9 Å². The monoisotopic (exact) mass is 472 g/mol. The molecule has 178 valence electrons. The summed E-state index contributed by atoms with van der Waals surface area (Å²) in [6.07, 6.45) is 5.04. The van der Waals surface area contributed by atoms with Crippen LogP contribution >= 0.6 is 0 Å². The van der Waals surface area contributed by atoms with Gasteiger partial charge in [-0.2, -0.15) is 9.97 Å². The van der Waals surface area contributed by atoms with E-state index in [-0.39, 0.29) is 23.9 Å². The lowest BCUT2D eigenvalue weighted by atomic mass is 9.99. The van der Waals surface area contributed by atoms with Crippen molar-refractivity contribution < 1.29 is 14.7 Å². The number of likely N-dealkylation sites (tertiary alicyclic amines) is 1. The number of aliphatic hydroxyl groups is 1. The molecule has 0 spiro atoms. The van der Waals surface area contributed by atoms with Crippen LogP contribution in [0.3, 0.4) is 0 Å². The molecule has 0 unspecified atom stereocenters. The predicted molar refractivity (Wildman–Crippen MR) is 127 cm³/mol. The summed E-state index contributed by atoms with van der Waals surface area (Å²) >= 11 is 0. The first kappa shape index (κ1) is 22.6. The molecular weight excluding hydrogens is 448 g/mol. The molecule has 3 aromatic rings. The van der Waals surface area contributed by atoms with Crippen LogP contribution in [0.4, 0.5) is 16.4 Å². The molecule has 0 radical (unpaired) electrons. The highest BCUT2D eigenvalue weighted by Gasteiger charge is 2.38. The Morgan fingerprint density at radius 1 is 1.17 bits per heavy atom. The molecule has 1 saturated heterocycles. The summed E-state index contributed by atoms with van der Waals surface area (Å²) < 4.78 is 0. The number of pyridine rings is 2. The van der Waals surface area contributed by atoms with E-state index in [0.29, 0.717) is 54.8 Å². The maximum absolute atomic E-state index is 13.4. The average molecular weight is 473 g/mol. The lowest BCUT2D eigenvalue weighted by Crippen LogP contribution is -2.55. The van der Waals surface area contributed by atoms with Crippen LogP contribution < -0.4 is 4.90 Å². The summed E-state index contributed by atoms with van der Waals surface area (Å²) in [6.45, 7) is 9.85. The van der Waals surface area contributed by atoms with Gasteiger partial charge in [0.25, 0.3) is 5.91 Å². The number of rotatable bonds is 3. The summed E-state index contributed by atoms with van der Waals surface area (Å²) in [7, 11) is 1.76. The van der Waals surface area contributed by atoms with Crippen molar-refractivity contribution in [3.63, 3.8) is 0 Å². The normalized spacial score (nSPS) is 17.3. The Kier molecular flexibility index (Phi) is 5.74. The molecule has 2 aliphatic rings. The SMILES string of the molecule is [C-]#[N+]c1ncc(-c2ccc3ncc4c(c3n2)N(C2CCN(C(=O)[C@@H](C)O)CC2)C(=O)N(C)C4)cn1. The van der Waals surface area contributed by atoms with Crippen molar-refractivity contribution >= 4 is 34.6 Å². The van der Waals surface area contributed by atoms with Crippen molar-refractivity contribution in [2.75, 3.05) is 25.0 Å². The number of hydrogen-bond donors (Lipinski definition) is 1. The second-order valence-electron chi connectivity index (χ2n) is 8.82. The first-order valence-corrected chi connectivity index (χ1v) is 11.4. The number of aliphatic hydroxyl groups excluding tert-OH is 1. The van der Waals surface area contributed by atoms with Gasteiger partial charge in [0.1, 0.15) is 11.6 Å². The van der Waals surface area contributed by atoms with Crippen LogP contribution in [0.2, 0.25) is 0 Å². The van der Waals surface area contributed by atoms with Crippen LogP contribution in [0.25, 0.3) is 27.1 Å². The standard InChI is InChI=1S/C24H24N8O3/c1-14(33)22(34)31-8-6-17(7-9-31)32-21-16(13-30(3)24(32)35)12-26-19-5-4-18(29-20(19)21)15-10-27-23(25-2)28-11-15/h4-5,10-12,14,17,33H,6-9,13H2,1,3H3/t14-/m1/s1. The van der Waals surface area contributed by atoms with Gasteiger partial charge in [0.15, 0.2) is 0 Å². The first-order valence-electron chi connectivity index (χ1n) is 11.4. The van der Waals surface area contributed by atoms with Gasteiger partial charge in [-0.15, -0.1) is 6.57 Å².